The number of methoxy groups -OCH3 is 1. The first-order chi connectivity index (χ1) is 7.22. The van der Waals surface area contributed by atoms with Gasteiger partial charge in [0, 0.05) is 12.5 Å². The van der Waals surface area contributed by atoms with Crippen LogP contribution < -0.4 is 5.73 Å². The highest BCUT2D eigenvalue weighted by Crippen LogP contribution is 2.05. The Balaban J connectivity index is 0.00000225. The van der Waals surface area contributed by atoms with Crippen molar-refractivity contribution >= 4 is 18.4 Å². The molecule has 0 fully saturated rings. The summed E-state index contributed by atoms with van der Waals surface area (Å²) in [5, 5.41) is 0. The standard InChI is InChI=1S/C12H17NO2.ClH/c1-15-12(14)8-7-11(13)9-10-5-3-2-4-6-10;/h2-6,11H,7-9,13H2,1H3;1H/t11-;/m0./s1. The lowest BCUT2D eigenvalue weighted by Crippen LogP contribution is -2.24. The Morgan fingerprint density at radius 1 is 1.38 bits per heavy atom. The van der Waals surface area contributed by atoms with Gasteiger partial charge in [-0.25, -0.2) is 0 Å². The largest absolute Gasteiger partial charge is 0.469 e. The van der Waals surface area contributed by atoms with E-state index in [4.69, 9.17) is 5.73 Å². The predicted octanol–water partition coefficient (Wildman–Crippen LogP) is 1.93. The van der Waals surface area contributed by atoms with E-state index in [1.807, 2.05) is 30.3 Å². The van der Waals surface area contributed by atoms with Crippen molar-refractivity contribution in [2.24, 2.45) is 5.73 Å². The lowest BCUT2D eigenvalue weighted by molar-refractivity contribution is -0.140. The first-order valence-corrected chi connectivity index (χ1v) is 5.08. The number of benzene rings is 1. The zero-order chi connectivity index (χ0) is 11.1. The van der Waals surface area contributed by atoms with Gasteiger partial charge in [0.1, 0.15) is 0 Å². The Hall–Kier alpha value is -1.06. The van der Waals surface area contributed by atoms with Crippen LogP contribution >= 0.6 is 12.4 Å². The van der Waals surface area contributed by atoms with Gasteiger partial charge in [-0.1, -0.05) is 30.3 Å². The normalized spacial score (nSPS) is 11.4. The molecule has 4 heteroatoms. The second kappa shape index (κ2) is 8.13. The molecule has 90 valence electrons. The summed E-state index contributed by atoms with van der Waals surface area (Å²) in [5.41, 5.74) is 7.10. The Morgan fingerprint density at radius 3 is 2.56 bits per heavy atom. The number of halogens is 1. The minimum absolute atomic E-state index is 0. The van der Waals surface area contributed by atoms with E-state index in [-0.39, 0.29) is 24.4 Å². The van der Waals surface area contributed by atoms with Gasteiger partial charge >= 0.3 is 5.97 Å². The fourth-order valence-electron chi connectivity index (χ4n) is 1.42. The molecule has 0 aliphatic rings. The molecule has 1 aromatic rings. The molecule has 0 radical (unpaired) electrons. The van der Waals surface area contributed by atoms with E-state index in [2.05, 4.69) is 4.74 Å². The topological polar surface area (TPSA) is 52.3 Å². The lowest BCUT2D eigenvalue weighted by atomic mass is 10.0. The average Bonchev–Trinajstić information content (AvgIpc) is 2.27. The van der Waals surface area contributed by atoms with Gasteiger partial charge in [0.2, 0.25) is 0 Å². The third-order valence-corrected chi connectivity index (χ3v) is 2.29. The van der Waals surface area contributed by atoms with Crippen LogP contribution in [0.4, 0.5) is 0 Å². The van der Waals surface area contributed by atoms with E-state index in [0.29, 0.717) is 12.8 Å². The van der Waals surface area contributed by atoms with E-state index >= 15 is 0 Å². The first kappa shape index (κ1) is 14.9. The van der Waals surface area contributed by atoms with Crippen molar-refractivity contribution in [2.45, 2.75) is 25.3 Å². The molecule has 0 spiro atoms. The molecule has 0 saturated heterocycles. The molecule has 3 nitrogen and oxygen atoms in total. The van der Waals surface area contributed by atoms with Gasteiger partial charge in [-0.15, -0.1) is 12.4 Å². The Labute approximate surface area is 102 Å². The number of carbonyl (C=O) groups is 1. The SMILES string of the molecule is COC(=O)CC[C@H](N)Cc1ccccc1.Cl. The van der Waals surface area contributed by atoms with Crippen LogP contribution in [0.25, 0.3) is 0 Å². The minimum atomic E-state index is -0.196. The Bertz CT molecular complexity index is 303. The first-order valence-electron chi connectivity index (χ1n) is 5.08. The number of rotatable bonds is 5. The number of hydrogen-bond donors (Lipinski definition) is 1. The molecule has 0 bridgehead atoms. The number of ether oxygens (including phenoxy) is 1. The van der Waals surface area contributed by atoms with E-state index in [1.165, 1.54) is 12.7 Å². The average molecular weight is 244 g/mol. The molecule has 0 unspecified atom stereocenters. The molecule has 0 amide bonds. The molecule has 0 aliphatic heterocycles. The monoisotopic (exact) mass is 243 g/mol. The van der Waals surface area contributed by atoms with Crippen molar-refractivity contribution in [3.05, 3.63) is 35.9 Å². The molecule has 16 heavy (non-hydrogen) atoms. The van der Waals surface area contributed by atoms with Crippen molar-refractivity contribution < 1.29 is 9.53 Å². The van der Waals surface area contributed by atoms with Crippen LogP contribution in [0, 0.1) is 0 Å². The number of hydrogen-bond acceptors (Lipinski definition) is 3. The molecule has 2 N–H and O–H groups in total. The molecular formula is C12H18ClNO2. The van der Waals surface area contributed by atoms with Crippen molar-refractivity contribution in [1.29, 1.82) is 0 Å². The summed E-state index contributed by atoms with van der Waals surface area (Å²) in [6.45, 7) is 0. The van der Waals surface area contributed by atoms with Crippen molar-refractivity contribution in [3.8, 4) is 0 Å². The van der Waals surface area contributed by atoms with Crippen LogP contribution in [0.1, 0.15) is 18.4 Å². The van der Waals surface area contributed by atoms with Gasteiger partial charge in [-0.05, 0) is 18.4 Å². The minimum Gasteiger partial charge on any atom is -0.469 e. The highest BCUT2D eigenvalue weighted by atomic mass is 35.5. The summed E-state index contributed by atoms with van der Waals surface area (Å²) < 4.78 is 4.56. The summed E-state index contributed by atoms with van der Waals surface area (Å²) in [4.78, 5) is 10.9. The molecular weight excluding hydrogens is 226 g/mol. The van der Waals surface area contributed by atoms with Crippen molar-refractivity contribution in [3.63, 3.8) is 0 Å². The lowest BCUT2D eigenvalue weighted by Gasteiger charge is -2.10. The van der Waals surface area contributed by atoms with Gasteiger partial charge in [0.05, 0.1) is 7.11 Å². The molecule has 1 aromatic carbocycles. The molecule has 0 aliphatic carbocycles. The van der Waals surface area contributed by atoms with Gasteiger partial charge in [0.25, 0.3) is 0 Å². The fourth-order valence-corrected chi connectivity index (χ4v) is 1.42. The van der Waals surface area contributed by atoms with Gasteiger partial charge in [-0.2, -0.15) is 0 Å². The van der Waals surface area contributed by atoms with Crippen LogP contribution in [0.5, 0.6) is 0 Å². The van der Waals surface area contributed by atoms with Crippen LogP contribution in [0.2, 0.25) is 0 Å². The van der Waals surface area contributed by atoms with Crippen LogP contribution in [-0.4, -0.2) is 19.1 Å². The smallest absolute Gasteiger partial charge is 0.305 e. The summed E-state index contributed by atoms with van der Waals surface area (Å²) >= 11 is 0. The number of esters is 1. The molecule has 0 heterocycles. The zero-order valence-electron chi connectivity index (χ0n) is 9.39. The van der Waals surface area contributed by atoms with Gasteiger partial charge < -0.3 is 10.5 Å². The van der Waals surface area contributed by atoms with Gasteiger partial charge in [-0.3, -0.25) is 4.79 Å². The second-order valence-electron chi connectivity index (χ2n) is 3.56. The fraction of sp³-hybridized carbons (Fsp3) is 0.417. The van der Waals surface area contributed by atoms with Crippen molar-refractivity contribution in [2.75, 3.05) is 7.11 Å². The second-order valence-corrected chi connectivity index (χ2v) is 3.56. The number of carbonyl (C=O) groups excluding carboxylic acids is 1. The summed E-state index contributed by atoms with van der Waals surface area (Å²) in [5.74, 6) is -0.196. The van der Waals surface area contributed by atoms with E-state index in [1.54, 1.807) is 0 Å². The third kappa shape index (κ3) is 5.73. The molecule has 0 saturated carbocycles. The van der Waals surface area contributed by atoms with Crippen LogP contribution in [0.3, 0.4) is 0 Å². The Kier molecular flexibility index (Phi) is 7.60. The molecule has 0 aromatic heterocycles. The summed E-state index contributed by atoms with van der Waals surface area (Å²) in [6.07, 6.45) is 1.86. The van der Waals surface area contributed by atoms with Crippen LogP contribution in [0.15, 0.2) is 30.3 Å². The maximum absolute atomic E-state index is 10.9. The maximum Gasteiger partial charge on any atom is 0.305 e. The molecule has 1 rings (SSSR count). The maximum atomic E-state index is 10.9. The number of nitrogens with two attached hydrogens (primary N) is 1. The Morgan fingerprint density at radius 2 is 2.00 bits per heavy atom. The van der Waals surface area contributed by atoms with E-state index < -0.39 is 0 Å². The highest BCUT2D eigenvalue weighted by Gasteiger charge is 2.07. The zero-order valence-corrected chi connectivity index (χ0v) is 10.2. The quantitative estimate of drug-likeness (QED) is 0.804. The highest BCUT2D eigenvalue weighted by molar-refractivity contribution is 5.85. The van der Waals surface area contributed by atoms with E-state index in [0.717, 1.165) is 6.42 Å². The summed E-state index contributed by atoms with van der Waals surface area (Å²) in [7, 11) is 1.39. The van der Waals surface area contributed by atoms with Gasteiger partial charge in [0.15, 0.2) is 0 Å². The van der Waals surface area contributed by atoms with E-state index in [9.17, 15) is 4.79 Å². The van der Waals surface area contributed by atoms with Crippen LogP contribution in [-0.2, 0) is 16.0 Å². The molecule has 1 atom stereocenters. The third-order valence-electron chi connectivity index (χ3n) is 2.29. The summed E-state index contributed by atoms with van der Waals surface area (Å²) in [6, 6.07) is 10.1. The predicted molar refractivity (Wildman–Crippen MR) is 66.6 cm³/mol. The van der Waals surface area contributed by atoms with Crippen molar-refractivity contribution in [1.82, 2.24) is 0 Å².